The first kappa shape index (κ1) is 53.4. The van der Waals surface area contributed by atoms with Gasteiger partial charge in [0.2, 0.25) is 0 Å². The van der Waals surface area contributed by atoms with E-state index in [-0.39, 0.29) is 0 Å². The van der Waals surface area contributed by atoms with Gasteiger partial charge >= 0.3 is 0 Å². The molecule has 0 aliphatic rings. The first-order valence-corrected chi connectivity index (χ1v) is 27.7. The minimum Gasteiger partial charge on any atom is -0.310 e. The molecule has 0 spiro atoms. The van der Waals surface area contributed by atoms with Gasteiger partial charge in [0.05, 0.1) is 11.4 Å². The van der Waals surface area contributed by atoms with Gasteiger partial charge < -0.3 is 9.80 Å². The van der Waals surface area contributed by atoms with Crippen LogP contribution in [0.1, 0.15) is 25.0 Å². The van der Waals surface area contributed by atoms with E-state index in [1.807, 2.05) is 13.8 Å². The fourth-order valence-electron chi connectivity index (χ4n) is 10.7. The number of benzene rings is 12. The predicted octanol–water partition coefficient (Wildman–Crippen LogP) is 22.7. The van der Waals surface area contributed by atoms with E-state index in [0.717, 1.165) is 34.1 Å². The van der Waals surface area contributed by atoms with E-state index in [4.69, 9.17) is 0 Å². The molecule has 2 heteroatoms. The van der Waals surface area contributed by atoms with Crippen molar-refractivity contribution >= 4 is 34.1 Å². The molecule has 0 aliphatic carbocycles. The first-order chi connectivity index (χ1) is 39.5. The van der Waals surface area contributed by atoms with Gasteiger partial charge in [0.25, 0.3) is 0 Å². The lowest BCUT2D eigenvalue weighted by molar-refractivity contribution is 1.26. The lowest BCUT2D eigenvalue weighted by Crippen LogP contribution is -2.12. The lowest BCUT2D eigenvalue weighted by atomic mass is 9.94. The van der Waals surface area contributed by atoms with Gasteiger partial charge in [-0.05, 0) is 165 Å². The van der Waals surface area contributed by atoms with Crippen LogP contribution in [-0.4, -0.2) is 0 Å². The van der Waals surface area contributed by atoms with Crippen molar-refractivity contribution in [2.45, 2.75) is 27.7 Å². The molecule has 0 unspecified atom stereocenters. The Bertz CT molecular complexity index is 3680. The highest BCUT2D eigenvalue weighted by atomic mass is 15.1. The average Bonchev–Trinajstić information content (AvgIpc) is 3.59. The summed E-state index contributed by atoms with van der Waals surface area (Å²) in [5.41, 5.74) is 25.6. The van der Waals surface area contributed by atoms with E-state index in [0.29, 0.717) is 0 Å². The molecule has 12 aromatic carbocycles. The van der Waals surface area contributed by atoms with Crippen LogP contribution in [0.4, 0.5) is 34.1 Å². The van der Waals surface area contributed by atoms with Crippen molar-refractivity contribution in [2.24, 2.45) is 0 Å². The SMILES string of the molecule is C=C.CC.Cc1cc(N(c2ccc(-c3cccc(-c4ccccc4)c3)cc2)c2ccccc2-c2ccccc2)ccc1-c1ccc(N(c2ccc(-c3cccc(-c4ccccc4)c3)cc2)c2ccccc2-c2ccccc2)cc1C. The van der Waals surface area contributed by atoms with Crippen molar-refractivity contribution in [3.05, 3.63) is 328 Å². The maximum Gasteiger partial charge on any atom is 0.0540 e. The zero-order valence-electron chi connectivity index (χ0n) is 46.2. The Hall–Kier alpha value is -10.0. The highest BCUT2D eigenvalue weighted by Crippen LogP contribution is 2.45. The predicted molar refractivity (Wildman–Crippen MR) is 346 cm³/mol. The molecule has 0 saturated carbocycles. The van der Waals surface area contributed by atoms with Crippen molar-refractivity contribution in [3.63, 3.8) is 0 Å². The molecule has 388 valence electrons. The molecule has 0 fully saturated rings. The zero-order chi connectivity index (χ0) is 55.2. The van der Waals surface area contributed by atoms with Gasteiger partial charge in [0.1, 0.15) is 0 Å². The maximum atomic E-state index is 3.00. The molecule has 12 aromatic rings. The quantitative estimate of drug-likeness (QED) is 0.106. The van der Waals surface area contributed by atoms with Crippen LogP contribution in [0.25, 0.3) is 77.9 Å². The Morgan fingerprint density at radius 3 is 0.800 bits per heavy atom. The summed E-state index contributed by atoms with van der Waals surface area (Å²) >= 11 is 0. The molecule has 0 N–H and O–H groups in total. The monoisotopic (exact) mass is 1030 g/mol. The highest BCUT2D eigenvalue weighted by Gasteiger charge is 2.21. The summed E-state index contributed by atoms with van der Waals surface area (Å²) in [7, 11) is 0. The summed E-state index contributed by atoms with van der Waals surface area (Å²) in [5, 5.41) is 0. The van der Waals surface area contributed by atoms with Crippen molar-refractivity contribution in [2.75, 3.05) is 9.80 Å². The molecule has 0 bridgehead atoms. The third-order valence-electron chi connectivity index (χ3n) is 14.5. The Morgan fingerprint density at radius 1 is 0.212 bits per heavy atom. The molecule has 0 radical (unpaired) electrons. The second kappa shape index (κ2) is 25.4. The van der Waals surface area contributed by atoms with Gasteiger partial charge in [-0.15, -0.1) is 13.2 Å². The second-order valence-corrected chi connectivity index (χ2v) is 19.4. The molecule has 12 rings (SSSR count). The minimum atomic E-state index is 1.09. The Kier molecular flexibility index (Phi) is 17.0. The number of hydrogen-bond acceptors (Lipinski definition) is 2. The lowest BCUT2D eigenvalue weighted by Gasteiger charge is -2.29. The number of rotatable bonds is 13. The van der Waals surface area contributed by atoms with E-state index in [1.165, 1.54) is 89.0 Å². The van der Waals surface area contributed by atoms with Crippen LogP contribution in [0.15, 0.2) is 316 Å². The van der Waals surface area contributed by atoms with Crippen LogP contribution in [0.3, 0.4) is 0 Å². The summed E-state index contributed by atoms with van der Waals surface area (Å²) in [6, 6.07) is 110. The Labute approximate surface area is 474 Å². The van der Waals surface area contributed by atoms with Crippen LogP contribution >= 0.6 is 0 Å². The summed E-state index contributed by atoms with van der Waals surface area (Å²) < 4.78 is 0. The number of aryl methyl sites for hydroxylation is 2. The van der Waals surface area contributed by atoms with Gasteiger partial charge in [-0.2, -0.15) is 0 Å². The topological polar surface area (TPSA) is 6.48 Å². The molecule has 0 amide bonds. The normalized spacial score (nSPS) is 10.6. The van der Waals surface area contributed by atoms with Crippen LogP contribution in [0, 0.1) is 13.8 Å². The van der Waals surface area contributed by atoms with Crippen molar-refractivity contribution in [1.29, 1.82) is 0 Å². The van der Waals surface area contributed by atoms with Gasteiger partial charge in [0.15, 0.2) is 0 Å². The maximum absolute atomic E-state index is 3.00. The summed E-state index contributed by atoms with van der Waals surface area (Å²) in [4.78, 5) is 4.82. The fraction of sp³-hybridized carbons (Fsp3) is 0.0513. The molecule has 0 atom stereocenters. The van der Waals surface area contributed by atoms with Crippen LogP contribution in [0.2, 0.25) is 0 Å². The van der Waals surface area contributed by atoms with E-state index >= 15 is 0 Å². The molecule has 0 saturated heterocycles. The number of anilines is 6. The van der Waals surface area contributed by atoms with Crippen LogP contribution in [-0.2, 0) is 0 Å². The van der Waals surface area contributed by atoms with E-state index in [1.54, 1.807) is 0 Å². The van der Waals surface area contributed by atoms with Crippen LogP contribution < -0.4 is 9.80 Å². The second-order valence-electron chi connectivity index (χ2n) is 19.4. The van der Waals surface area contributed by atoms with E-state index in [2.05, 4.69) is 340 Å². The summed E-state index contributed by atoms with van der Waals surface area (Å²) in [6.07, 6.45) is 0. The molecule has 0 aromatic heterocycles. The fourth-order valence-corrected chi connectivity index (χ4v) is 10.7. The van der Waals surface area contributed by atoms with Gasteiger partial charge in [-0.25, -0.2) is 0 Å². The van der Waals surface area contributed by atoms with E-state index in [9.17, 15) is 0 Å². The molecular formula is C78H66N2. The summed E-state index contributed by atoms with van der Waals surface area (Å²) in [5.74, 6) is 0. The summed E-state index contributed by atoms with van der Waals surface area (Å²) in [6.45, 7) is 14.5. The molecule has 0 aliphatic heterocycles. The van der Waals surface area contributed by atoms with Gasteiger partial charge in [0, 0.05) is 33.9 Å². The standard InChI is InChI=1S/C74H56N2.C2H6.C2H4/c1-53-49-67(75(73-35-17-15-33-71(73)59-25-11-5-12-26-59)65-41-37-57(38-42-65)63-31-19-29-61(51-63)55-21-7-3-8-22-55)45-47-69(53)70-48-46-68(50-54(70)2)76(74-36-18-16-34-72(74)60-27-13-6-14-28-60)66-43-39-58(40-44-66)64-32-20-30-62(52-64)56-23-9-4-10-24-56;2*1-2/h3-52H,1-2H3;1-2H3;1-2H2. The average molecular weight is 1030 g/mol. The van der Waals surface area contributed by atoms with E-state index < -0.39 is 0 Å². The molecule has 2 nitrogen and oxygen atoms in total. The number of nitrogens with zero attached hydrogens (tertiary/aromatic N) is 2. The Morgan fingerprint density at radius 2 is 0.475 bits per heavy atom. The Balaban J connectivity index is 0.00000176. The zero-order valence-corrected chi connectivity index (χ0v) is 46.2. The minimum absolute atomic E-state index is 1.09. The third-order valence-corrected chi connectivity index (χ3v) is 14.5. The third kappa shape index (κ3) is 11.6. The largest absolute Gasteiger partial charge is 0.310 e. The van der Waals surface area contributed by atoms with Crippen LogP contribution in [0.5, 0.6) is 0 Å². The van der Waals surface area contributed by atoms with Crippen molar-refractivity contribution in [1.82, 2.24) is 0 Å². The van der Waals surface area contributed by atoms with Gasteiger partial charge in [-0.1, -0.05) is 244 Å². The number of para-hydroxylation sites is 2. The van der Waals surface area contributed by atoms with Crippen molar-refractivity contribution in [3.8, 4) is 77.9 Å². The number of hydrogen-bond donors (Lipinski definition) is 0. The molecular weight excluding hydrogens is 965 g/mol. The van der Waals surface area contributed by atoms with Crippen molar-refractivity contribution < 1.29 is 0 Å². The molecule has 0 heterocycles. The molecule has 80 heavy (non-hydrogen) atoms. The van der Waals surface area contributed by atoms with Gasteiger partial charge in [-0.3, -0.25) is 0 Å². The first-order valence-electron chi connectivity index (χ1n) is 27.7. The smallest absolute Gasteiger partial charge is 0.0540 e. The highest BCUT2D eigenvalue weighted by molar-refractivity contribution is 5.92.